The number of rotatable bonds is 20. The Labute approximate surface area is 263 Å². The number of sulfonamides is 1. The third-order valence-corrected chi connectivity index (χ3v) is 11.3. The monoisotopic (exact) mass is 704 g/mol. The minimum Gasteiger partial charge on any atom is -0.492 e. The molecule has 2 aromatic rings. The quantitative estimate of drug-likeness (QED) is 0.0995. The van der Waals surface area contributed by atoms with Crippen LogP contribution >= 0.6 is 15.9 Å². The van der Waals surface area contributed by atoms with Crippen LogP contribution in [0.1, 0.15) is 11.7 Å². The fraction of sp³-hybridized carbons (Fsp3) is 0.586. The lowest BCUT2D eigenvalue weighted by atomic mass is 10.1. The third kappa shape index (κ3) is 14.8. The number of ether oxygens (including phenoxy) is 4. The summed E-state index contributed by atoms with van der Waals surface area (Å²) in [5, 5.41) is 14.1. The molecule has 0 heterocycles. The summed E-state index contributed by atoms with van der Waals surface area (Å²) in [4.78, 5) is 0. The average Bonchev–Trinajstić information content (AvgIpc) is 2.87. The first-order valence-corrected chi connectivity index (χ1v) is 24.3. The molecule has 0 aliphatic rings. The number of nitrogens with zero attached hydrogens (tertiary/aromatic N) is 1. The number of aliphatic hydroxyl groups is 1. The van der Waals surface area contributed by atoms with Gasteiger partial charge in [-0.15, -0.1) is 0 Å². The molecule has 2 rings (SSSR count). The van der Waals surface area contributed by atoms with Crippen molar-refractivity contribution >= 4 is 47.8 Å². The van der Waals surface area contributed by atoms with Crippen LogP contribution in [0.5, 0.6) is 11.5 Å². The molecule has 0 fully saturated rings. The molecule has 9 nitrogen and oxygen atoms in total. The summed E-state index contributed by atoms with van der Waals surface area (Å²) < 4.78 is 51.1. The summed E-state index contributed by atoms with van der Waals surface area (Å²) in [6.45, 7) is 15.6. The highest BCUT2D eigenvalue weighted by Crippen LogP contribution is 2.33. The maximum atomic E-state index is 12.9. The molecular weight excluding hydrogens is 656 g/mol. The van der Waals surface area contributed by atoms with Gasteiger partial charge in [0, 0.05) is 46.9 Å². The fourth-order valence-electron chi connectivity index (χ4n) is 3.60. The van der Waals surface area contributed by atoms with E-state index in [4.69, 9.17) is 18.9 Å². The van der Waals surface area contributed by atoms with E-state index in [1.165, 1.54) is 4.31 Å². The molecule has 0 aromatic heterocycles. The highest BCUT2D eigenvalue weighted by molar-refractivity contribution is 9.10. The van der Waals surface area contributed by atoms with E-state index < -0.39 is 32.3 Å². The summed E-state index contributed by atoms with van der Waals surface area (Å²) in [6, 6.07) is 14.5. The zero-order valence-electron chi connectivity index (χ0n) is 26.1. The average molecular weight is 706 g/mol. The zero-order valence-corrected chi connectivity index (χ0v) is 30.5. The van der Waals surface area contributed by atoms with Gasteiger partial charge in [-0.05, 0) is 54.0 Å². The highest BCUT2D eigenvalue weighted by Gasteiger charge is 2.24. The number of aliphatic hydroxyl groups excluding tert-OH is 1. The van der Waals surface area contributed by atoms with Gasteiger partial charge in [-0.25, -0.2) is 12.7 Å². The fourth-order valence-corrected chi connectivity index (χ4v) is 6.14. The Morgan fingerprint density at radius 2 is 1.52 bits per heavy atom. The lowest BCUT2D eigenvalue weighted by Gasteiger charge is -2.26. The molecule has 0 spiro atoms. The summed E-state index contributed by atoms with van der Waals surface area (Å²) in [5.41, 5.74) is 0.850. The summed E-state index contributed by atoms with van der Waals surface area (Å²) in [6.07, 6.45) is 0.256. The second-order valence-corrected chi connectivity index (χ2v) is 26.8. The first kappa shape index (κ1) is 36.7. The van der Waals surface area contributed by atoms with Gasteiger partial charge in [0.25, 0.3) is 0 Å². The van der Waals surface area contributed by atoms with E-state index in [2.05, 4.69) is 60.5 Å². The van der Waals surface area contributed by atoms with Crippen molar-refractivity contribution in [3.8, 4) is 11.5 Å². The number of benzene rings is 2. The van der Waals surface area contributed by atoms with Crippen LogP contribution in [0.15, 0.2) is 46.9 Å². The van der Waals surface area contributed by atoms with Crippen molar-refractivity contribution in [2.45, 2.75) is 57.5 Å². The molecule has 42 heavy (non-hydrogen) atoms. The Kier molecular flexibility index (Phi) is 15.0. The molecule has 2 N–H and O–H groups in total. The number of halogens is 1. The lowest BCUT2D eigenvalue weighted by molar-refractivity contribution is 0.0222. The first-order chi connectivity index (χ1) is 19.5. The molecule has 1 atom stereocenters. The van der Waals surface area contributed by atoms with E-state index in [0.717, 1.165) is 28.6 Å². The Morgan fingerprint density at radius 1 is 0.905 bits per heavy atom. The van der Waals surface area contributed by atoms with Gasteiger partial charge in [0.05, 0.1) is 18.0 Å². The van der Waals surface area contributed by atoms with Crippen LogP contribution in [-0.2, 0) is 19.5 Å². The lowest BCUT2D eigenvalue weighted by Crippen LogP contribution is -2.34. The van der Waals surface area contributed by atoms with Crippen molar-refractivity contribution in [3.63, 3.8) is 0 Å². The Balaban J connectivity index is 2.11. The van der Waals surface area contributed by atoms with E-state index >= 15 is 0 Å². The molecule has 0 saturated heterocycles. The van der Waals surface area contributed by atoms with Gasteiger partial charge in [0.15, 0.2) is 6.79 Å². The Hall–Kier alpha value is -1.46. The van der Waals surface area contributed by atoms with Gasteiger partial charge >= 0.3 is 0 Å². The Morgan fingerprint density at radius 3 is 2.12 bits per heavy atom. The third-order valence-electron chi connectivity index (χ3n) is 6.23. The molecule has 2 aromatic carbocycles. The van der Waals surface area contributed by atoms with Gasteiger partial charge in [-0.1, -0.05) is 61.3 Å². The predicted molar refractivity (Wildman–Crippen MR) is 180 cm³/mol. The van der Waals surface area contributed by atoms with Gasteiger partial charge in [-0.3, -0.25) is 0 Å². The van der Waals surface area contributed by atoms with E-state index in [1.807, 2.05) is 24.3 Å². The molecule has 1 unspecified atom stereocenters. The summed E-state index contributed by atoms with van der Waals surface area (Å²) in [5.74, 6) is 1.10. The van der Waals surface area contributed by atoms with Crippen molar-refractivity contribution in [1.29, 1.82) is 0 Å². The van der Waals surface area contributed by atoms with E-state index in [-0.39, 0.29) is 20.1 Å². The van der Waals surface area contributed by atoms with Crippen LogP contribution in [0, 0.1) is 0 Å². The van der Waals surface area contributed by atoms with Gasteiger partial charge < -0.3 is 29.4 Å². The van der Waals surface area contributed by atoms with Crippen LogP contribution in [-0.4, -0.2) is 82.4 Å². The topological polar surface area (TPSA) is 107 Å². The first-order valence-electron chi connectivity index (χ1n) is 14.2. The predicted octanol–water partition coefficient (Wildman–Crippen LogP) is 5.92. The smallest absolute Gasteiger partial charge is 0.234 e. The van der Waals surface area contributed by atoms with Crippen LogP contribution in [0.3, 0.4) is 0 Å². The zero-order chi connectivity index (χ0) is 31.4. The van der Waals surface area contributed by atoms with E-state index in [1.54, 1.807) is 18.2 Å². The molecule has 0 bridgehead atoms. The number of hydrogen-bond donors (Lipinski definition) is 2. The highest BCUT2D eigenvalue weighted by atomic mass is 79.9. The molecular formula is C29H49BrN2O7SSi2. The van der Waals surface area contributed by atoms with Crippen LogP contribution < -0.4 is 19.1 Å². The Bertz CT molecular complexity index is 1190. The minimum absolute atomic E-state index is 0.00656. The van der Waals surface area contributed by atoms with Crippen LogP contribution in [0.25, 0.3) is 0 Å². The van der Waals surface area contributed by atoms with E-state index in [9.17, 15) is 13.5 Å². The maximum absolute atomic E-state index is 12.9. The van der Waals surface area contributed by atoms with Crippen LogP contribution in [0.2, 0.25) is 51.4 Å². The van der Waals surface area contributed by atoms with Crippen molar-refractivity contribution in [2.24, 2.45) is 0 Å². The largest absolute Gasteiger partial charge is 0.492 e. The van der Waals surface area contributed by atoms with Crippen molar-refractivity contribution in [3.05, 3.63) is 52.5 Å². The minimum atomic E-state index is -3.72. The van der Waals surface area contributed by atoms with Gasteiger partial charge in [0.2, 0.25) is 10.0 Å². The SMILES string of the molecule is C[Si](C)(C)CCOCOc1ccc(C(O)CNCCOc2ccc(Br)cc2)cc1N(COCC[Si](C)(C)C)S(C)(=O)=O. The molecule has 0 radical (unpaired) electrons. The van der Waals surface area contributed by atoms with Crippen LogP contribution in [0.4, 0.5) is 5.69 Å². The molecule has 0 aliphatic carbocycles. The number of nitrogens with one attached hydrogen (secondary N) is 1. The molecule has 238 valence electrons. The summed E-state index contributed by atoms with van der Waals surface area (Å²) in [7, 11) is -6.32. The molecule has 13 heteroatoms. The van der Waals surface area contributed by atoms with Crippen molar-refractivity contribution in [1.82, 2.24) is 5.32 Å². The summed E-state index contributed by atoms with van der Waals surface area (Å²) >= 11 is 3.40. The number of anilines is 1. The van der Waals surface area contributed by atoms with Crippen molar-refractivity contribution in [2.75, 3.05) is 57.0 Å². The van der Waals surface area contributed by atoms with Gasteiger partial charge in [0.1, 0.15) is 24.8 Å². The second-order valence-electron chi connectivity index (χ2n) is 12.7. The van der Waals surface area contributed by atoms with Crippen molar-refractivity contribution < 1.29 is 32.5 Å². The number of hydrogen-bond acceptors (Lipinski definition) is 8. The molecule has 0 saturated carbocycles. The van der Waals surface area contributed by atoms with Gasteiger partial charge in [-0.2, -0.15) is 0 Å². The maximum Gasteiger partial charge on any atom is 0.234 e. The second kappa shape index (κ2) is 17.1. The van der Waals surface area contributed by atoms with E-state index in [0.29, 0.717) is 43.4 Å². The molecule has 0 aliphatic heterocycles. The normalized spacial score (nSPS) is 13.2. The standard InChI is InChI=1S/C29H49BrN2O7SSi2/c1-40(34,35)32(22-36-16-18-41(2,3)4)27-20-24(8-13-29(27)39-23-37-17-19-42(5,6)7)28(33)21-31-14-15-38-26-11-9-25(30)10-12-26/h8-13,20,28,31,33H,14-19,21-23H2,1-7H3. The molecule has 0 amide bonds.